The van der Waals surface area contributed by atoms with E-state index in [1.54, 1.807) is 38.5 Å². The van der Waals surface area contributed by atoms with Crippen molar-refractivity contribution in [3.05, 3.63) is 29.3 Å². The summed E-state index contributed by atoms with van der Waals surface area (Å²) >= 11 is 1.35. The van der Waals surface area contributed by atoms with Crippen molar-refractivity contribution in [2.24, 2.45) is 10.1 Å². The molecule has 1 fully saturated rings. The standard InChI is InChI=1S/C18H19N5O3S/c1-25-13-6-5-11(10-14(13)26-2)9-12-15(19)23-17(20-16(12)24)27-18(21-23)22-7-3-4-8-22/h5-6,9-10,19H,3-4,7-8H2,1-2H3/b12-9-,19-15?. The Morgan fingerprint density at radius 1 is 1.15 bits per heavy atom. The maximum absolute atomic E-state index is 12.5. The van der Waals surface area contributed by atoms with Gasteiger partial charge in [0.15, 0.2) is 22.5 Å². The van der Waals surface area contributed by atoms with Gasteiger partial charge in [0.1, 0.15) is 0 Å². The third-order valence-electron chi connectivity index (χ3n) is 4.54. The van der Waals surface area contributed by atoms with Gasteiger partial charge in [-0.2, -0.15) is 10.0 Å². The van der Waals surface area contributed by atoms with Crippen LogP contribution < -0.4 is 9.47 Å². The van der Waals surface area contributed by atoms with Gasteiger partial charge in [0, 0.05) is 13.1 Å². The molecule has 3 heterocycles. The van der Waals surface area contributed by atoms with Gasteiger partial charge in [-0.3, -0.25) is 10.2 Å². The molecule has 4 rings (SSSR count). The van der Waals surface area contributed by atoms with Crippen molar-refractivity contribution in [2.45, 2.75) is 12.8 Å². The summed E-state index contributed by atoms with van der Waals surface area (Å²) in [6, 6.07) is 5.31. The van der Waals surface area contributed by atoms with Crippen LogP contribution in [0.5, 0.6) is 11.5 Å². The number of ether oxygens (including phenoxy) is 2. The zero-order chi connectivity index (χ0) is 19.0. The Hall–Kier alpha value is -2.81. The fourth-order valence-corrected chi connectivity index (χ4v) is 4.07. The molecule has 140 valence electrons. The number of rotatable bonds is 3. The largest absolute Gasteiger partial charge is 0.493 e. The highest BCUT2D eigenvalue weighted by atomic mass is 32.2. The molecule has 8 nitrogen and oxygen atoms in total. The average molecular weight is 385 g/mol. The van der Waals surface area contributed by atoms with Gasteiger partial charge in [0.25, 0.3) is 5.91 Å². The lowest BCUT2D eigenvalue weighted by molar-refractivity contribution is -0.114. The summed E-state index contributed by atoms with van der Waals surface area (Å²) in [6.45, 7) is 1.89. The molecule has 0 aliphatic carbocycles. The fraction of sp³-hybridized carbons (Fsp3) is 0.333. The molecule has 1 aromatic carbocycles. The zero-order valence-electron chi connectivity index (χ0n) is 15.1. The second-order valence-electron chi connectivity index (χ2n) is 6.21. The van der Waals surface area contributed by atoms with Crippen molar-refractivity contribution in [1.82, 2.24) is 9.91 Å². The minimum atomic E-state index is -0.439. The Kier molecular flexibility index (Phi) is 4.61. The SMILES string of the molecule is COc1ccc(/C=C2/C(=N)N3N=C(N4CCCC4)SC3=NC2=O)cc1OC. The van der Waals surface area contributed by atoms with E-state index in [0.717, 1.165) is 36.7 Å². The van der Waals surface area contributed by atoms with Crippen molar-refractivity contribution >= 4 is 39.9 Å². The average Bonchev–Trinajstić information content (AvgIpc) is 3.34. The van der Waals surface area contributed by atoms with Crippen molar-refractivity contribution in [2.75, 3.05) is 27.3 Å². The number of likely N-dealkylation sites (tertiary alicyclic amines) is 1. The molecule has 1 saturated heterocycles. The van der Waals surface area contributed by atoms with Crippen LogP contribution in [0.4, 0.5) is 0 Å². The number of amidine groups is 3. The lowest BCUT2D eigenvalue weighted by atomic mass is 10.1. The summed E-state index contributed by atoms with van der Waals surface area (Å²) in [5.74, 6) is 0.741. The van der Waals surface area contributed by atoms with Crippen LogP contribution in [0, 0.1) is 5.41 Å². The number of hydrogen-bond acceptors (Lipinski definition) is 7. The van der Waals surface area contributed by atoms with E-state index >= 15 is 0 Å². The number of fused-ring (bicyclic) bond motifs is 1. The van der Waals surface area contributed by atoms with Gasteiger partial charge in [-0.05, 0) is 48.4 Å². The molecule has 3 aliphatic rings. The van der Waals surface area contributed by atoms with Crippen molar-refractivity contribution in [3.63, 3.8) is 0 Å². The second-order valence-corrected chi connectivity index (χ2v) is 7.15. The maximum atomic E-state index is 12.5. The van der Waals surface area contributed by atoms with Crippen LogP contribution in [0.15, 0.2) is 33.9 Å². The Morgan fingerprint density at radius 3 is 2.59 bits per heavy atom. The highest BCUT2D eigenvalue weighted by Crippen LogP contribution is 2.32. The monoisotopic (exact) mass is 385 g/mol. The minimum Gasteiger partial charge on any atom is -0.493 e. The van der Waals surface area contributed by atoms with Gasteiger partial charge in [-0.25, -0.2) is 0 Å². The summed E-state index contributed by atoms with van der Waals surface area (Å²) in [7, 11) is 3.11. The smallest absolute Gasteiger partial charge is 0.283 e. The molecule has 0 unspecified atom stereocenters. The zero-order valence-corrected chi connectivity index (χ0v) is 15.9. The predicted molar refractivity (Wildman–Crippen MR) is 105 cm³/mol. The topological polar surface area (TPSA) is 90.6 Å². The highest BCUT2D eigenvalue weighted by molar-refractivity contribution is 8.26. The van der Waals surface area contributed by atoms with Crippen molar-refractivity contribution in [1.29, 1.82) is 5.41 Å². The predicted octanol–water partition coefficient (Wildman–Crippen LogP) is 2.38. The van der Waals surface area contributed by atoms with E-state index in [1.165, 1.54) is 16.8 Å². The van der Waals surface area contributed by atoms with E-state index in [1.807, 2.05) is 0 Å². The molecule has 1 aromatic rings. The molecule has 0 radical (unpaired) electrons. The van der Waals surface area contributed by atoms with Crippen LogP contribution in [0.25, 0.3) is 6.08 Å². The van der Waals surface area contributed by atoms with E-state index < -0.39 is 5.91 Å². The Morgan fingerprint density at radius 2 is 1.89 bits per heavy atom. The van der Waals surface area contributed by atoms with Gasteiger partial charge in [-0.15, -0.1) is 5.10 Å². The van der Waals surface area contributed by atoms with Crippen LogP contribution in [-0.2, 0) is 4.79 Å². The first kappa shape index (κ1) is 17.6. The number of thioether (sulfide) groups is 1. The lowest BCUT2D eigenvalue weighted by Crippen LogP contribution is -2.35. The van der Waals surface area contributed by atoms with E-state index in [0.29, 0.717) is 16.7 Å². The molecule has 3 aliphatic heterocycles. The Balaban J connectivity index is 1.64. The van der Waals surface area contributed by atoms with Crippen molar-refractivity contribution < 1.29 is 14.3 Å². The first-order valence-electron chi connectivity index (χ1n) is 8.58. The molecule has 0 spiro atoms. The van der Waals surface area contributed by atoms with E-state index in [9.17, 15) is 4.79 Å². The summed E-state index contributed by atoms with van der Waals surface area (Å²) in [5, 5.41) is 15.6. The molecule has 1 N–H and O–H groups in total. The number of amides is 1. The van der Waals surface area contributed by atoms with Crippen LogP contribution in [-0.4, -0.2) is 59.3 Å². The van der Waals surface area contributed by atoms with E-state index in [2.05, 4.69) is 15.0 Å². The Labute approximate surface area is 161 Å². The molecule has 0 saturated carbocycles. The minimum absolute atomic E-state index is 0.0291. The van der Waals surface area contributed by atoms with Crippen LogP contribution in [0.3, 0.4) is 0 Å². The first-order valence-corrected chi connectivity index (χ1v) is 9.39. The van der Waals surface area contributed by atoms with E-state index in [4.69, 9.17) is 14.9 Å². The second kappa shape index (κ2) is 7.07. The summed E-state index contributed by atoms with van der Waals surface area (Å²) < 4.78 is 10.5. The normalized spacial score (nSPS) is 20.7. The first-order chi connectivity index (χ1) is 13.1. The third-order valence-corrected chi connectivity index (χ3v) is 5.51. The van der Waals surface area contributed by atoms with Gasteiger partial charge < -0.3 is 14.4 Å². The molecule has 9 heteroatoms. The maximum Gasteiger partial charge on any atom is 0.283 e. The number of nitrogens with one attached hydrogen (secondary N) is 1. The highest BCUT2D eigenvalue weighted by Gasteiger charge is 2.37. The molecule has 0 bridgehead atoms. The van der Waals surface area contributed by atoms with Crippen LogP contribution >= 0.6 is 11.8 Å². The number of hydrazone groups is 1. The molecule has 0 aromatic heterocycles. The summed E-state index contributed by atoms with van der Waals surface area (Å²) in [6.07, 6.45) is 3.89. The number of nitrogens with zero attached hydrogens (tertiary/aromatic N) is 4. The molecule has 27 heavy (non-hydrogen) atoms. The molecule has 1 amide bonds. The van der Waals surface area contributed by atoms with Crippen LogP contribution in [0.2, 0.25) is 0 Å². The molecule has 0 atom stereocenters. The lowest BCUT2D eigenvalue weighted by Gasteiger charge is -2.20. The van der Waals surface area contributed by atoms with Crippen molar-refractivity contribution in [3.8, 4) is 11.5 Å². The van der Waals surface area contributed by atoms with Gasteiger partial charge >= 0.3 is 0 Å². The number of aliphatic imine (C=N–C) groups is 1. The fourth-order valence-electron chi connectivity index (χ4n) is 3.13. The number of carbonyl (C=O) groups excluding carboxylic acids is 1. The number of methoxy groups -OCH3 is 2. The van der Waals surface area contributed by atoms with Gasteiger partial charge in [-0.1, -0.05) is 6.07 Å². The van der Waals surface area contributed by atoms with Gasteiger partial charge in [0.2, 0.25) is 5.17 Å². The molecular formula is C18H19N5O3S. The Bertz CT molecular complexity index is 902. The number of benzene rings is 1. The quantitative estimate of drug-likeness (QED) is 0.804. The van der Waals surface area contributed by atoms with Gasteiger partial charge in [0.05, 0.1) is 19.8 Å². The summed E-state index contributed by atoms with van der Waals surface area (Å²) in [5.41, 5.74) is 0.910. The number of carbonyl (C=O) groups is 1. The van der Waals surface area contributed by atoms with E-state index in [-0.39, 0.29) is 11.4 Å². The summed E-state index contributed by atoms with van der Waals surface area (Å²) in [4.78, 5) is 18.8. The number of hydrogen-bond donors (Lipinski definition) is 1. The van der Waals surface area contributed by atoms with Crippen LogP contribution in [0.1, 0.15) is 18.4 Å². The third kappa shape index (κ3) is 3.18. The molecular weight excluding hydrogens is 366 g/mol.